The van der Waals surface area contributed by atoms with E-state index in [4.69, 9.17) is 0 Å². The highest BCUT2D eigenvalue weighted by molar-refractivity contribution is 5.75. The van der Waals surface area contributed by atoms with Gasteiger partial charge in [-0.3, -0.25) is 0 Å². The topological polar surface area (TPSA) is 47.6 Å². The zero-order valence-corrected chi connectivity index (χ0v) is 17.5. The minimum Gasteiger partial charge on any atom is -0.206 e. The third-order valence-electron chi connectivity index (χ3n) is 5.94. The van der Waals surface area contributed by atoms with Crippen molar-refractivity contribution in [2.75, 3.05) is 0 Å². The summed E-state index contributed by atoms with van der Waals surface area (Å²) in [4.78, 5) is 0. The maximum absolute atomic E-state index is 15.1. The molecule has 0 fully saturated rings. The molecule has 1 aliphatic rings. The number of nitrogens with zero attached hydrogens (tertiary/aromatic N) is 2. The average molecular weight is 486 g/mol. The predicted octanol–water partition coefficient (Wildman–Crippen LogP) is 5.71. The molecule has 3 aromatic carbocycles. The van der Waals surface area contributed by atoms with Gasteiger partial charge < -0.3 is 0 Å². The fraction of sp³-hybridized carbons (Fsp3) is 0.154. The van der Waals surface area contributed by atoms with Crippen molar-refractivity contribution in [3.8, 4) is 23.3 Å². The second kappa shape index (κ2) is 8.28. The number of halogens is 7. The fourth-order valence-corrected chi connectivity index (χ4v) is 4.40. The highest BCUT2D eigenvalue weighted by Gasteiger charge is 2.46. The minimum atomic E-state index is -4.89. The van der Waals surface area contributed by atoms with Crippen molar-refractivity contribution in [1.82, 2.24) is 0 Å². The average Bonchev–Trinajstić information content (AvgIpc) is 2.82. The van der Waals surface area contributed by atoms with Gasteiger partial charge >= 0.3 is 12.4 Å². The normalized spacial score (nSPS) is 19.5. The monoisotopic (exact) mass is 486 g/mol. The molecule has 3 aromatic rings. The van der Waals surface area contributed by atoms with Gasteiger partial charge in [0.15, 0.2) is 0 Å². The van der Waals surface area contributed by atoms with Gasteiger partial charge in [0.1, 0.15) is 11.2 Å². The maximum Gasteiger partial charge on any atom is 0.417 e. The molecule has 0 aliphatic heterocycles. The van der Waals surface area contributed by atoms with Gasteiger partial charge in [-0.2, -0.15) is 36.9 Å². The summed E-state index contributed by atoms with van der Waals surface area (Å²) in [6, 6.07) is 14.1. The van der Waals surface area contributed by atoms with Gasteiger partial charge in [-0.1, -0.05) is 48.5 Å². The molecule has 0 amide bonds. The first-order chi connectivity index (χ1) is 16.4. The Morgan fingerprint density at radius 3 is 1.97 bits per heavy atom. The Morgan fingerprint density at radius 1 is 0.771 bits per heavy atom. The molecule has 0 radical (unpaired) electrons. The lowest BCUT2D eigenvalue weighted by Crippen LogP contribution is -2.43. The summed E-state index contributed by atoms with van der Waals surface area (Å²) in [6.45, 7) is 0. The van der Waals surface area contributed by atoms with Gasteiger partial charge in [-0.05, 0) is 45.8 Å². The number of benzene rings is 3. The van der Waals surface area contributed by atoms with Crippen molar-refractivity contribution >= 4 is 12.2 Å². The van der Waals surface area contributed by atoms with Gasteiger partial charge in [0.05, 0.1) is 29.2 Å². The van der Waals surface area contributed by atoms with E-state index in [0.717, 1.165) is 48.5 Å². The zero-order chi connectivity index (χ0) is 25.6. The SMILES string of the molecule is N#CC1C=c2ccc(F)c(-c3ccccc3C(F)(F)F)c2=CC1(C#N)c1ccccc1C(F)(F)F. The van der Waals surface area contributed by atoms with Crippen LogP contribution in [0.3, 0.4) is 0 Å². The van der Waals surface area contributed by atoms with Gasteiger partial charge in [0.2, 0.25) is 0 Å². The van der Waals surface area contributed by atoms with Crippen LogP contribution >= 0.6 is 0 Å². The van der Waals surface area contributed by atoms with Crippen LogP contribution in [0.25, 0.3) is 23.3 Å². The second-order valence-corrected chi connectivity index (χ2v) is 7.91. The molecular formula is C26H13F7N2. The van der Waals surface area contributed by atoms with E-state index >= 15 is 4.39 Å². The maximum atomic E-state index is 15.1. The molecule has 0 aromatic heterocycles. The molecule has 2 atom stereocenters. The number of hydrogen-bond donors (Lipinski definition) is 0. The van der Waals surface area contributed by atoms with E-state index in [9.17, 15) is 36.9 Å². The molecule has 0 saturated carbocycles. The molecule has 0 heterocycles. The van der Waals surface area contributed by atoms with E-state index in [2.05, 4.69) is 0 Å². The molecule has 2 nitrogen and oxygen atoms in total. The van der Waals surface area contributed by atoms with E-state index in [1.54, 1.807) is 6.07 Å². The summed E-state index contributed by atoms with van der Waals surface area (Å²) in [6.07, 6.45) is -7.58. The van der Waals surface area contributed by atoms with Crippen molar-refractivity contribution in [2.24, 2.45) is 5.92 Å². The molecule has 0 spiro atoms. The molecule has 1 aliphatic carbocycles. The first-order valence-electron chi connectivity index (χ1n) is 10.1. The fourth-order valence-electron chi connectivity index (χ4n) is 4.40. The second-order valence-electron chi connectivity index (χ2n) is 7.91. The van der Waals surface area contributed by atoms with Crippen LogP contribution in [-0.2, 0) is 17.8 Å². The third-order valence-corrected chi connectivity index (χ3v) is 5.94. The molecule has 0 saturated heterocycles. The molecule has 9 heteroatoms. The molecule has 4 rings (SSSR count). The van der Waals surface area contributed by atoms with E-state index in [0.29, 0.717) is 0 Å². The molecule has 0 N–H and O–H groups in total. The van der Waals surface area contributed by atoms with E-state index in [1.807, 2.05) is 6.07 Å². The van der Waals surface area contributed by atoms with Crippen molar-refractivity contribution in [1.29, 1.82) is 10.5 Å². The molecule has 176 valence electrons. The predicted molar refractivity (Wildman–Crippen MR) is 113 cm³/mol. The standard InChI is InChI=1S/C26H13F7N2/c27-22-10-9-15-11-16(13-34)24(14-35,20-7-3-4-8-21(20)26(31,32)33)12-18(15)23(22)17-5-1-2-6-19(17)25(28,29)30/h1-12,16H. The number of nitriles is 2. The first-order valence-corrected chi connectivity index (χ1v) is 10.1. The Morgan fingerprint density at radius 2 is 1.37 bits per heavy atom. The summed E-state index contributed by atoms with van der Waals surface area (Å²) in [7, 11) is 0. The van der Waals surface area contributed by atoms with Crippen LogP contribution in [0.5, 0.6) is 0 Å². The smallest absolute Gasteiger partial charge is 0.206 e. The van der Waals surface area contributed by atoms with Gasteiger partial charge in [0.25, 0.3) is 0 Å². The minimum absolute atomic E-state index is 0.125. The number of hydrogen-bond acceptors (Lipinski definition) is 2. The highest BCUT2D eigenvalue weighted by Crippen LogP contribution is 2.44. The van der Waals surface area contributed by atoms with Crippen molar-refractivity contribution in [3.05, 3.63) is 93.6 Å². The number of alkyl halides is 6. The van der Waals surface area contributed by atoms with E-state index < -0.39 is 57.3 Å². The quantitative estimate of drug-likeness (QED) is 0.436. The summed E-state index contributed by atoms with van der Waals surface area (Å²) in [5, 5.41) is 19.8. The van der Waals surface area contributed by atoms with Crippen LogP contribution in [0.4, 0.5) is 30.7 Å². The van der Waals surface area contributed by atoms with E-state index in [-0.39, 0.29) is 10.4 Å². The van der Waals surface area contributed by atoms with Crippen molar-refractivity contribution in [2.45, 2.75) is 17.8 Å². The Bertz CT molecular complexity index is 1520. The Balaban J connectivity index is 2.17. The van der Waals surface area contributed by atoms with Crippen LogP contribution in [0.2, 0.25) is 0 Å². The molecule has 0 bridgehead atoms. The lowest BCUT2D eigenvalue weighted by atomic mass is 9.67. The lowest BCUT2D eigenvalue weighted by molar-refractivity contribution is -0.138. The number of rotatable bonds is 2. The Hall–Kier alpha value is -4.11. The largest absolute Gasteiger partial charge is 0.417 e. The Labute approximate surface area is 194 Å². The van der Waals surface area contributed by atoms with Crippen molar-refractivity contribution in [3.63, 3.8) is 0 Å². The van der Waals surface area contributed by atoms with Gasteiger partial charge in [0, 0.05) is 5.56 Å². The van der Waals surface area contributed by atoms with Gasteiger partial charge in [-0.15, -0.1) is 0 Å². The molecule has 2 unspecified atom stereocenters. The van der Waals surface area contributed by atoms with Crippen LogP contribution < -0.4 is 10.4 Å². The lowest BCUT2D eigenvalue weighted by Gasteiger charge is -2.32. The van der Waals surface area contributed by atoms with Crippen LogP contribution in [0.1, 0.15) is 16.7 Å². The number of fused-ring (bicyclic) bond motifs is 1. The van der Waals surface area contributed by atoms with Crippen molar-refractivity contribution < 1.29 is 30.7 Å². The summed E-state index contributed by atoms with van der Waals surface area (Å²) >= 11 is 0. The van der Waals surface area contributed by atoms with Crippen LogP contribution in [0, 0.1) is 34.4 Å². The molecular weight excluding hydrogens is 473 g/mol. The molecule has 35 heavy (non-hydrogen) atoms. The van der Waals surface area contributed by atoms with Crippen LogP contribution in [-0.4, -0.2) is 0 Å². The van der Waals surface area contributed by atoms with Crippen LogP contribution in [0.15, 0.2) is 60.7 Å². The summed E-state index contributed by atoms with van der Waals surface area (Å²) in [5.74, 6) is -2.49. The van der Waals surface area contributed by atoms with E-state index in [1.165, 1.54) is 24.3 Å². The Kier molecular flexibility index (Phi) is 5.68. The van der Waals surface area contributed by atoms with Gasteiger partial charge in [-0.25, -0.2) is 4.39 Å². The highest BCUT2D eigenvalue weighted by atomic mass is 19.4. The zero-order valence-electron chi connectivity index (χ0n) is 17.5. The first kappa shape index (κ1) is 24.0. The summed E-state index contributed by atoms with van der Waals surface area (Å²) in [5.41, 5.74) is -6.19. The summed E-state index contributed by atoms with van der Waals surface area (Å²) < 4.78 is 97.8. The third kappa shape index (κ3) is 3.93.